The number of amides is 1. The van der Waals surface area contributed by atoms with Gasteiger partial charge >= 0.3 is 0 Å². The molecule has 3 aliphatic rings. The first kappa shape index (κ1) is 13.9. The van der Waals surface area contributed by atoms with E-state index in [9.17, 15) is 4.79 Å². The Balaban J connectivity index is 1.67. The van der Waals surface area contributed by atoms with E-state index in [0.717, 1.165) is 42.2 Å². The molecule has 4 heterocycles. The minimum Gasteiger partial charge on any atom is -0.483 e. The number of hydrogen-bond donors (Lipinski definition) is 2. The Bertz CT molecular complexity index is 865. The van der Waals surface area contributed by atoms with Crippen molar-refractivity contribution >= 4 is 28.3 Å². The van der Waals surface area contributed by atoms with Crippen LogP contribution in [0.3, 0.4) is 0 Å². The molecule has 1 aromatic heterocycles. The second-order valence-corrected chi connectivity index (χ2v) is 6.59. The first-order chi connectivity index (χ1) is 11.7. The number of ether oxygens (including phenoxy) is 1. The summed E-state index contributed by atoms with van der Waals surface area (Å²) in [4.78, 5) is 14.0. The van der Waals surface area contributed by atoms with Crippen molar-refractivity contribution in [2.24, 2.45) is 5.10 Å². The summed E-state index contributed by atoms with van der Waals surface area (Å²) in [6, 6.07) is 6.51. The fourth-order valence-electron chi connectivity index (χ4n) is 3.87. The van der Waals surface area contributed by atoms with Gasteiger partial charge in [-0.3, -0.25) is 4.79 Å². The highest BCUT2D eigenvalue weighted by atomic mass is 16.5. The number of benzene rings is 1. The zero-order valence-corrected chi connectivity index (χ0v) is 13.5. The predicted molar refractivity (Wildman–Crippen MR) is 91.5 cm³/mol. The number of nitrogens with one attached hydrogen (secondary N) is 2. The standard InChI is InChI=1S/C17H19N5O2/c1-10-17(23)20-19-16-9-24-15-6-11-3-5-21(12-2-4-18-8-12)13(11)7-14(15)22(10)16/h3,5-7,10,12,18H,2,4,8-9H2,1H3,(H,20,23)/t10-,12-/m1/s1. The summed E-state index contributed by atoms with van der Waals surface area (Å²) in [5.41, 5.74) is 4.65. The van der Waals surface area contributed by atoms with Gasteiger partial charge < -0.3 is 19.5 Å². The summed E-state index contributed by atoms with van der Waals surface area (Å²) in [6.07, 6.45) is 3.28. The summed E-state index contributed by atoms with van der Waals surface area (Å²) in [5, 5.41) is 8.73. The lowest BCUT2D eigenvalue weighted by Gasteiger charge is -2.38. The fraction of sp³-hybridized carbons (Fsp3) is 0.412. The Morgan fingerprint density at radius 3 is 3.12 bits per heavy atom. The minimum absolute atomic E-state index is 0.0953. The average molecular weight is 325 g/mol. The molecule has 0 radical (unpaired) electrons. The summed E-state index contributed by atoms with van der Waals surface area (Å²) in [7, 11) is 0. The van der Waals surface area contributed by atoms with Crippen LogP contribution in [-0.4, -0.2) is 42.0 Å². The third-order valence-corrected chi connectivity index (χ3v) is 5.19. The molecule has 5 rings (SSSR count). The van der Waals surface area contributed by atoms with Gasteiger partial charge in [-0.25, -0.2) is 5.43 Å². The van der Waals surface area contributed by atoms with Gasteiger partial charge in [0.25, 0.3) is 5.91 Å². The fourth-order valence-corrected chi connectivity index (χ4v) is 3.87. The number of rotatable bonds is 1. The van der Waals surface area contributed by atoms with Gasteiger partial charge in [0.05, 0.1) is 11.2 Å². The van der Waals surface area contributed by atoms with Gasteiger partial charge in [0.15, 0.2) is 5.84 Å². The zero-order chi connectivity index (χ0) is 16.3. The number of amidine groups is 1. The van der Waals surface area contributed by atoms with Crippen molar-refractivity contribution in [1.82, 2.24) is 15.3 Å². The molecule has 124 valence electrons. The van der Waals surface area contributed by atoms with Crippen LogP contribution in [0.5, 0.6) is 5.75 Å². The predicted octanol–water partition coefficient (Wildman–Crippen LogP) is 1.21. The molecule has 1 amide bonds. The highest BCUT2D eigenvalue weighted by Crippen LogP contribution is 2.39. The molecule has 1 aromatic carbocycles. The molecule has 2 aromatic rings. The van der Waals surface area contributed by atoms with Crippen molar-refractivity contribution in [2.75, 3.05) is 24.6 Å². The molecule has 3 aliphatic heterocycles. The van der Waals surface area contributed by atoms with E-state index in [1.54, 1.807) is 0 Å². The second kappa shape index (κ2) is 4.98. The molecule has 0 saturated carbocycles. The maximum Gasteiger partial charge on any atom is 0.262 e. The van der Waals surface area contributed by atoms with Gasteiger partial charge in [0, 0.05) is 24.2 Å². The third kappa shape index (κ3) is 1.88. The molecular formula is C17H19N5O2. The van der Waals surface area contributed by atoms with Crippen LogP contribution in [0.4, 0.5) is 5.69 Å². The quantitative estimate of drug-likeness (QED) is 0.827. The molecule has 1 saturated heterocycles. The van der Waals surface area contributed by atoms with Crippen LogP contribution in [0.2, 0.25) is 0 Å². The van der Waals surface area contributed by atoms with Crippen molar-refractivity contribution in [3.05, 3.63) is 24.4 Å². The molecule has 1 fully saturated rings. The molecule has 7 nitrogen and oxygen atoms in total. The molecular weight excluding hydrogens is 306 g/mol. The van der Waals surface area contributed by atoms with Crippen LogP contribution >= 0.6 is 0 Å². The van der Waals surface area contributed by atoms with Crippen LogP contribution in [0.25, 0.3) is 10.9 Å². The van der Waals surface area contributed by atoms with Crippen LogP contribution < -0.4 is 20.4 Å². The number of aromatic nitrogens is 1. The van der Waals surface area contributed by atoms with E-state index in [1.807, 2.05) is 11.8 Å². The van der Waals surface area contributed by atoms with Gasteiger partial charge in [-0.05, 0) is 38.1 Å². The minimum atomic E-state index is -0.297. The molecule has 2 N–H and O–H groups in total. The van der Waals surface area contributed by atoms with Gasteiger partial charge in [0.2, 0.25) is 0 Å². The van der Waals surface area contributed by atoms with E-state index in [1.165, 1.54) is 5.52 Å². The Morgan fingerprint density at radius 2 is 2.29 bits per heavy atom. The van der Waals surface area contributed by atoms with Crippen LogP contribution in [0.15, 0.2) is 29.5 Å². The third-order valence-electron chi connectivity index (χ3n) is 5.19. The number of anilines is 1. The van der Waals surface area contributed by atoms with Crippen molar-refractivity contribution < 1.29 is 9.53 Å². The van der Waals surface area contributed by atoms with Gasteiger partial charge in [-0.2, -0.15) is 5.10 Å². The number of fused-ring (bicyclic) bond motifs is 4. The van der Waals surface area contributed by atoms with Crippen LogP contribution in [0.1, 0.15) is 19.4 Å². The smallest absolute Gasteiger partial charge is 0.262 e. The molecule has 2 atom stereocenters. The van der Waals surface area contributed by atoms with Gasteiger partial charge in [-0.15, -0.1) is 0 Å². The summed E-state index contributed by atoms with van der Waals surface area (Å²) in [5.74, 6) is 1.46. The number of nitrogens with zero attached hydrogens (tertiary/aromatic N) is 3. The maximum absolute atomic E-state index is 12.0. The van der Waals surface area contributed by atoms with Crippen molar-refractivity contribution in [3.63, 3.8) is 0 Å². The Hall–Kier alpha value is -2.54. The molecule has 7 heteroatoms. The van der Waals surface area contributed by atoms with E-state index in [4.69, 9.17) is 4.74 Å². The monoisotopic (exact) mass is 325 g/mol. The number of hydrogen-bond acceptors (Lipinski definition) is 5. The van der Waals surface area contributed by atoms with E-state index in [2.05, 4.69) is 44.8 Å². The first-order valence-corrected chi connectivity index (χ1v) is 8.36. The van der Waals surface area contributed by atoms with Gasteiger partial charge in [0.1, 0.15) is 18.4 Å². The zero-order valence-electron chi connectivity index (χ0n) is 13.5. The van der Waals surface area contributed by atoms with Crippen LogP contribution in [-0.2, 0) is 4.79 Å². The highest BCUT2D eigenvalue weighted by molar-refractivity contribution is 6.10. The van der Waals surface area contributed by atoms with Crippen molar-refractivity contribution in [1.29, 1.82) is 0 Å². The Morgan fingerprint density at radius 1 is 1.38 bits per heavy atom. The van der Waals surface area contributed by atoms with E-state index in [-0.39, 0.29) is 11.9 Å². The first-order valence-electron chi connectivity index (χ1n) is 8.36. The van der Waals surface area contributed by atoms with Crippen LogP contribution in [0, 0.1) is 0 Å². The molecule has 0 bridgehead atoms. The number of carbonyl (C=O) groups is 1. The van der Waals surface area contributed by atoms with E-state index >= 15 is 0 Å². The number of hydrazone groups is 1. The maximum atomic E-state index is 12.0. The Labute approximate surface area is 139 Å². The average Bonchev–Trinajstić information content (AvgIpc) is 3.24. The molecule has 0 spiro atoms. The van der Waals surface area contributed by atoms with E-state index < -0.39 is 0 Å². The summed E-state index contributed by atoms with van der Waals surface area (Å²) >= 11 is 0. The largest absolute Gasteiger partial charge is 0.483 e. The van der Waals surface area contributed by atoms with Crippen molar-refractivity contribution in [3.8, 4) is 5.75 Å². The summed E-state index contributed by atoms with van der Waals surface area (Å²) in [6.45, 7) is 4.31. The number of carbonyl (C=O) groups excluding carboxylic acids is 1. The molecule has 24 heavy (non-hydrogen) atoms. The normalized spacial score (nSPS) is 25.8. The topological polar surface area (TPSA) is 70.9 Å². The lowest BCUT2D eigenvalue weighted by atomic mass is 10.1. The highest BCUT2D eigenvalue weighted by Gasteiger charge is 2.35. The lowest BCUT2D eigenvalue weighted by molar-refractivity contribution is -0.122. The lowest BCUT2D eigenvalue weighted by Crippen LogP contribution is -2.55. The van der Waals surface area contributed by atoms with E-state index in [0.29, 0.717) is 12.6 Å². The van der Waals surface area contributed by atoms with Gasteiger partial charge in [-0.1, -0.05) is 0 Å². The molecule has 0 unspecified atom stereocenters. The summed E-state index contributed by atoms with van der Waals surface area (Å²) < 4.78 is 8.20. The second-order valence-electron chi connectivity index (χ2n) is 6.59. The SMILES string of the molecule is C[C@@H]1C(=O)NN=C2COc3cc4ccn([C@@H]5CCNC5)c4cc3N21. The van der Waals surface area contributed by atoms with Crippen molar-refractivity contribution in [2.45, 2.75) is 25.4 Å². The Kier molecular flexibility index (Phi) is 2.87. The molecule has 0 aliphatic carbocycles.